The maximum atomic E-state index is 11.8. The first-order valence-electron chi connectivity index (χ1n) is 6.68. The van der Waals surface area contributed by atoms with Crippen LogP contribution >= 0.6 is 18.1 Å². The Morgan fingerprint density at radius 1 is 1.46 bits per heavy atom. The summed E-state index contributed by atoms with van der Waals surface area (Å²) in [6.45, 7) is -0.0551. The molecule has 1 saturated heterocycles. The van der Waals surface area contributed by atoms with Crippen molar-refractivity contribution in [3.8, 4) is 0 Å². The number of rotatable bonds is 6. The number of anilines is 1. The van der Waals surface area contributed by atoms with Gasteiger partial charge in [0.25, 0.3) is 5.56 Å². The molecule has 6 N–H and O–H groups in total. The molecule has 3 heterocycles. The molecule has 2 aromatic heterocycles. The molecule has 12 nitrogen and oxygen atoms in total. The summed E-state index contributed by atoms with van der Waals surface area (Å²) in [7, 11) is -1.12. The number of nitrogens with one attached hydrogen (secondary N) is 1. The third kappa shape index (κ3) is 3.28. The van der Waals surface area contributed by atoms with E-state index in [4.69, 9.17) is 19.9 Å². The van der Waals surface area contributed by atoms with Gasteiger partial charge in [0.15, 0.2) is 35.5 Å². The Labute approximate surface area is 137 Å². The first-order chi connectivity index (χ1) is 11.5. The SMILES string of the molecule is Nc1nc2c(ncn2[C@@H]2O[C@H](COPOPO)[C@@H](O)[C@H]2O)c(=O)[nH]1. The lowest BCUT2D eigenvalue weighted by atomic mass is 10.1. The molecule has 132 valence electrons. The number of hydrogen-bond acceptors (Lipinski definition) is 10. The van der Waals surface area contributed by atoms with Gasteiger partial charge in [-0.25, -0.2) is 4.98 Å². The molecule has 1 fully saturated rings. The van der Waals surface area contributed by atoms with Gasteiger partial charge in [-0.3, -0.25) is 18.7 Å². The summed E-state index contributed by atoms with van der Waals surface area (Å²) in [5, 5.41) is 20.3. The summed E-state index contributed by atoms with van der Waals surface area (Å²) in [6.07, 6.45) is -3.10. The van der Waals surface area contributed by atoms with Gasteiger partial charge in [-0.15, -0.1) is 0 Å². The number of nitrogens with zero attached hydrogens (tertiary/aromatic N) is 3. The van der Waals surface area contributed by atoms with E-state index in [0.29, 0.717) is 0 Å². The molecule has 1 aliphatic rings. The van der Waals surface area contributed by atoms with Crippen molar-refractivity contribution in [3.63, 3.8) is 0 Å². The van der Waals surface area contributed by atoms with Crippen LogP contribution in [0.4, 0.5) is 5.95 Å². The predicted molar refractivity (Wildman–Crippen MR) is 84.4 cm³/mol. The number of fused-ring (bicyclic) bond motifs is 1. The van der Waals surface area contributed by atoms with E-state index in [1.165, 1.54) is 10.9 Å². The van der Waals surface area contributed by atoms with Crippen LogP contribution in [0.1, 0.15) is 6.23 Å². The number of aliphatic hydroxyl groups excluding tert-OH is 2. The van der Waals surface area contributed by atoms with Crippen molar-refractivity contribution in [1.82, 2.24) is 19.5 Å². The fraction of sp³-hybridized carbons (Fsp3) is 0.500. The third-order valence-electron chi connectivity index (χ3n) is 3.46. The molecule has 0 aromatic carbocycles. The summed E-state index contributed by atoms with van der Waals surface area (Å²) in [5.74, 6) is -0.106. The fourth-order valence-corrected chi connectivity index (χ4v) is 3.01. The topological polar surface area (TPSA) is 178 Å². The summed E-state index contributed by atoms with van der Waals surface area (Å²) in [4.78, 5) is 30.5. The zero-order valence-electron chi connectivity index (χ0n) is 12.0. The number of aromatic nitrogens is 4. The van der Waals surface area contributed by atoms with E-state index in [-0.39, 0.29) is 23.7 Å². The number of hydrogen-bond donors (Lipinski definition) is 5. The van der Waals surface area contributed by atoms with E-state index >= 15 is 0 Å². The quantitative estimate of drug-likeness (QED) is 0.289. The minimum Gasteiger partial charge on any atom is -0.387 e. The van der Waals surface area contributed by atoms with Gasteiger partial charge in [-0.05, 0) is 0 Å². The van der Waals surface area contributed by atoms with E-state index < -0.39 is 48.2 Å². The highest BCUT2D eigenvalue weighted by Crippen LogP contribution is 2.33. The highest BCUT2D eigenvalue weighted by molar-refractivity contribution is 7.40. The Morgan fingerprint density at radius 2 is 2.25 bits per heavy atom. The standard InChI is InChI=1S/C10H15N5O7P2/c11-10-13-7-4(8(18)14-10)12-2-15(7)9-6(17)5(16)3(21-9)1-20-24-22-23-19/h2-3,5-6,9,16-17,19,23-24H,1H2,(H3,11,13,14,18)/t3-,5-,6-,9-/m1/s1. The normalized spacial score (nSPS) is 28.1. The first kappa shape index (κ1) is 17.6. The molecule has 0 aliphatic carbocycles. The van der Waals surface area contributed by atoms with Gasteiger partial charge >= 0.3 is 0 Å². The van der Waals surface area contributed by atoms with Crippen molar-refractivity contribution in [2.24, 2.45) is 0 Å². The number of aliphatic hydroxyl groups is 2. The van der Waals surface area contributed by atoms with E-state index in [9.17, 15) is 15.0 Å². The zero-order chi connectivity index (χ0) is 17.3. The molecular formula is C10H15N5O7P2. The molecule has 1 aliphatic heterocycles. The summed E-state index contributed by atoms with van der Waals surface area (Å²) >= 11 is 0. The molecule has 24 heavy (non-hydrogen) atoms. The monoisotopic (exact) mass is 379 g/mol. The number of H-pyrrole nitrogens is 1. The average Bonchev–Trinajstić information content (AvgIpc) is 3.07. The summed E-state index contributed by atoms with van der Waals surface area (Å²) in [6, 6.07) is 0. The van der Waals surface area contributed by atoms with Crippen molar-refractivity contribution < 1.29 is 28.7 Å². The van der Waals surface area contributed by atoms with Crippen LogP contribution in [0.2, 0.25) is 0 Å². The molecule has 2 aromatic rings. The highest BCUT2D eigenvalue weighted by Gasteiger charge is 2.44. The number of ether oxygens (including phenoxy) is 1. The predicted octanol–water partition coefficient (Wildman–Crippen LogP) is -1.64. The van der Waals surface area contributed by atoms with Crippen LogP contribution in [0.3, 0.4) is 0 Å². The van der Waals surface area contributed by atoms with Crippen LogP contribution in [-0.2, 0) is 13.6 Å². The van der Waals surface area contributed by atoms with Gasteiger partial charge < -0.3 is 30.1 Å². The molecular weight excluding hydrogens is 364 g/mol. The molecule has 0 bridgehead atoms. The van der Waals surface area contributed by atoms with E-state index in [1.54, 1.807) is 0 Å². The Hall–Kier alpha value is -1.23. The third-order valence-corrected chi connectivity index (χ3v) is 4.44. The Balaban J connectivity index is 1.81. The lowest BCUT2D eigenvalue weighted by Gasteiger charge is -2.16. The average molecular weight is 379 g/mol. The largest absolute Gasteiger partial charge is 0.387 e. The van der Waals surface area contributed by atoms with Crippen LogP contribution in [0.25, 0.3) is 11.2 Å². The van der Waals surface area contributed by atoms with Crippen molar-refractivity contribution in [3.05, 3.63) is 16.7 Å². The van der Waals surface area contributed by atoms with Crippen molar-refractivity contribution in [2.45, 2.75) is 24.5 Å². The second-order valence-electron chi connectivity index (χ2n) is 4.91. The van der Waals surface area contributed by atoms with Gasteiger partial charge in [0.05, 0.1) is 12.9 Å². The maximum Gasteiger partial charge on any atom is 0.280 e. The van der Waals surface area contributed by atoms with Crippen molar-refractivity contribution >= 4 is 35.2 Å². The van der Waals surface area contributed by atoms with Crippen LogP contribution in [0.15, 0.2) is 11.1 Å². The number of nitrogen functional groups attached to an aromatic ring is 1. The van der Waals surface area contributed by atoms with Gasteiger partial charge in [-0.2, -0.15) is 4.98 Å². The van der Waals surface area contributed by atoms with Crippen molar-refractivity contribution in [1.29, 1.82) is 0 Å². The summed E-state index contributed by atoms with van der Waals surface area (Å²) < 4.78 is 16.7. The van der Waals surface area contributed by atoms with Crippen LogP contribution in [0.5, 0.6) is 0 Å². The van der Waals surface area contributed by atoms with E-state index in [2.05, 4.69) is 19.3 Å². The minimum absolute atomic E-state index is 0.0352. The first-order valence-corrected chi connectivity index (χ1v) is 8.35. The van der Waals surface area contributed by atoms with E-state index in [0.717, 1.165) is 0 Å². The van der Waals surface area contributed by atoms with Crippen LogP contribution in [-0.4, -0.2) is 59.5 Å². The van der Waals surface area contributed by atoms with Gasteiger partial charge in [0, 0.05) is 0 Å². The van der Waals surface area contributed by atoms with Crippen LogP contribution in [0, 0.1) is 0 Å². The molecule has 0 spiro atoms. The smallest absolute Gasteiger partial charge is 0.280 e. The molecule has 6 atom stereocenters. The second kappa shape index (κ2) is 7.34. The van der Waals surface area contributed by atoms with Gasteiger partial charge in [-0.1, -0.05) is 0 Å². The fourth-order valence-electron chi connectivity index (χ4n) is 2.39. The van der Waals surface area contributed by atoms with Crippen molar-refractivity contribution in [2.75, 3.05) is 12.3 Å². The molecule has 0 amide bonds. The lowest BCUT2D eigenvalue weighted by molar-refractivity contribution is -0.0465. The van der Waals surface area contributed by atoms with Gasteiger partial charge in [0.1, 0.15) is 18.3 Å². The van der Waals surface area contributed by atoms with E-state index in [1.807, 2.05) is 0 Å². The Bertz CT molecular complexity index is 770. The molecule has 14 heteroatoms. The molecule has 0 saturated carbocycles. The van der Waals surface area contributed by atoms with Crippen LogP contribution < -0.4 is 11.3 Å². The van der Waals surface area contributed by atoms with Gasteiger partial charge in [0.2, 0.25) is 5.95 Å². The zero-order valence-corrected chi connectivity index (χ0v) is 14.0. The molecule has 3 rings (SSSR count). The minimum atomic E-state index is -1.29. The number of imidazole rings is 1. The molecule has 2 unspecified atom stereocenters. The number of nitrogens with two attached hydrogens (primary N) is 1. The second-order valence-corrected chi connectivity index (χ2v) is 6.36. The lowest BCUT2D eigenvalue weighted by Crippen LogP contribution is -2.33. The summed E-state index contributed by atoms with van der Waals surface area (Å²) in [5.41, 5.74) is 5.16. The highest BCUT2D eigenvalue weighted by atomic mass is 31.2. The Kier molecular flexibility index (Phi) is 5.38. The Morgan fingerprint density at radius 3 is 3.00 bits per heavy atom. The molecule has 0 radical (unpaired) electrons. The number of aromatic amines is 1. The maximum absolute atomic E-state index is 11.8.